The van der Waals surface area contributed by atoms with Crippen LogP contribution in [0.5, 0.6) is 0 Å². The minimum Gasteiger partial charge on any atom is -0.358 e. The Hall–Kier alpha value is -2.72. The molecule has 0 spiro atoms. The molecular weight excluding hydrogens is 226 g/mol. The van der Waals surface area contributed by atoms with Crippen molar-refractivity contribution in [2.45, 2.75) is 0 Å². The Morgan fingerprint density at radius 3 is 2.31 bits per heavy atom. The summed E-state index contributed by atoms with van der Waals surface area (Å²) < 4.78 is 1.39. The molecule has 16 heavy (non-hydrogen) atoms. The fraction of sp³-hybridized carbons (Fsp3) is 0.200. The minimum atomic E-state index is -1.50. The molecule has 1 aromatic rings. The first kappa shape index (κ1) is 13.3. The van der Waals surface area contributed by atoms with Crippen molar-refractivity contribution in [2.75, 3.05) is 0 Å². The van der Waals surface area contributed by atoms with Gasteiger partial charge in [0.1, 0.15) is 0 Å². The second kappa shape index (κ2) is 5.90. The van der Waals surface area contributed by atoms with Gasteiger partial charge in [-0.05, 0) is 4.92 Å². The normalized spacial score (nSPS) is 10.2. The van der Waals surface area contributed by atoms with E-state index in [9.17, 15) is 10.1 Å². The lowest BCUT2D eigenvalue weighted by Crippen LogP contribution is -2.16. The van der Waals surface area contributed by atoms with Gasteiger partial charge in [-0.1, -0.05) is 0 Å². The second-order valence-electron chi connectivity index (χ2n) is 2.31. The predicted molar refractivity (Wildman–Crippen MR) is 47.3 cm³/mol. The lowest BCUT2D eigenvalue weighted by molar-refractivity contribution is -0.742. The number of oxime groups is 1. The topological polar surface area (TPSA) is 157 Å². The molecule has 1 rings (SSSR count). The van der Waals surface area contributed by atoms with Crippen LogP contribution in [0.1, 0.15) is 5.69 Å². The van der Waals surface area contributed by atoms with E-state index in [2.05, 4.69) is 10.1 Å². The van der Waals surface area contributed by atoms with Crippen molar-refractivity contribution < 1.29 is 20.4 Å². The summed E-state index contributed by atoms with van der Waals surface area (Å²) in [6, 6.07) is 0. The van der Waals surface area contributed by atoms with Gasteiger partial charge in [0.25, 0.3) is 5.09 Å². The number of aryl methyl sites for hydroxylation is 1. The molecule has 0 amide bonds. The molecule has 1 aromatic heterocycles. The predicted octanol–water partition coefficient (Wildman–Crippen LogP) is -0.515. The Morgan fingerprint density at radius 2 is 2.06 bits per heavy atom. The minimum absolute atomic E-state index is 0.155. The smallest absolute Gasteiger partial charge is 0.358 e. The van der Waals surface area contributed by atoms with Gasteiger partial charge in [0.15, 0.2) is 10.8 Å². The summed E-state index contributed by atoms with van der Waals surface area (Å²) in [6.07, 6.45) is 2.63. The highest BCUT2D eigenvalue weighted by Crippen LogP contribution is 1.99. The number of hydrogen-bond donors (Lipinski definition) is 2. The van der Waals surface area contributed by atoms with E-state index in [-0.39, 0.29) is 5.69 Å². The van der Waals surface area contributed by atoms with E-state index in [0.717, 1.165) is 0 Å². The average Bonchev–Trinajstić information content (AvgIpc) is 2.52. The van der Waals surface area contributed by atoms with E-state index in [1.807, 2.05) is 0 Å². The molecule has 0 saturated carbocycles. The summed E-state index contributed by atoms with van der Waals surface area (Å²) in [4.78, 5) is 21.5. The van der Waals surface area contributed by atoms with E-state index >= 15 is 0 Å². The van der Waals surface area contributed by atoms with Gasteiger partial charge in [-0.15, -0.1) is 10.1 Å². The first-order valence-corrected chi connectivity index (χ1v) is 3.56. The molecule has 1 heterocycles. The first-order valence-electron chi connectivity index (χ1n) is 3.56. The quantitative estimate of drug-likeness (QED) is 0.217. The maximum Gasteiger partial charge on any atom is 0.434 e. The number of hydrogen-bond acceptors (Lipinski definition) is 7. The molecule has 0 radical (unpaired) electrons. The van der Waals surface area contributed by atoms with Crippen LogP contribution in [-0.4, -0.2) is 35.8 Å². The summed E-state index contributed by atoms with van der Waals surface area (Å²) in [6.45, 7) is 0. The van der Waals surface area contributed by atoms with Crippen molar-refractivity contribution in [3.8, 4) is 0 Å². The molecule has 88 valence electrons. The van der Waals surface area contributed by atoms with Crippen molar-refractivity contribution in [3.05, 3.63) is 38.4 Å². The standard InChI is InChI=1S/C5H6N4O3.HNO3/c1-8-3-6-2-4(8)5(7-10)9(11)12;2-1(3)4/h2-3,10H,1H3;(H,2,3,4)/b7-5-;. The zero-order chi connectivity index (χ0) is 12.7. The molecule has 0 unspecified atom stereocenters. The van der Waals surface area contributed by atoms with E-state index in [1.54, 1.807) is 7.05 Å². The molecule has 0 bridgehead atoms. The van der Waals surface area contributed by atoms with Crippen molar-refractivity contribution in [1.29, 1.82) is 0 Å². The van der Waals surface area contributed by atoms with Gasteiger partial charge < -0.3 is 25.1 Å². The zero-order valence-electron chi connectivity index (χ0n) is 7.92. The van der Waals surface area contributed by atoms with Crippen LogP contribution in [0.3, 0.4) is 0 Å². The summed E-state index contributed by atoms with van der Waals surface area (Å²) in [7, 11) is 1.57. The van der Waals surface area contributed by atoms with Crippen molar-refractivity contribution in [3.63, 3.8) is 0 Å². The number of imidazole rings is 1. The second-order valence-corrected chi connectivity index (χ2v) is 2.31. The number of nitro groups is 1. The Labute approximate surface area is 87.5 Å². The summed E-state index contributed by atoms with van der Waals surface area (Å²) in [5.74, 6) is -0.616. The molecule has 11 heteroatoms. The van der Waals surface area contributed by atoms with E-state index < -0.39 is 15.8 Å². The van der Waals surface area contributed by atoms with Crippen molar-refractivity contribution >= 4 is 5.84 Å². The van der Waals surface area contributed by atoms with E-state index in [0.29, 0.717) is 0 Å². The maximum absolute atomic E-state index is 10.3. The maximum atomic E-state index is 10.3. The molecule has 0 aromatic carbocycles. The Bertz CT molecular complexity index is 407. The van der Waals surface area contributed by atoms with Gasteiger partial charge in [-0.2, -0.15) is 0 Å². The highest BCUT2D eigenvalue weighted by atomic mass is 16.9. The van der Waals surface area contributed by atoms with Crippen LogP contribution in [0, 0.1) is 20.2 Å². The van der Waals surface area contributed by atoms with Crippen LogP contribution in [0.4, 0.5) is 0 Å². The third-order valence-corrected chi connectivity index (χ3v) is 1.31. The van der Waals surface area contributed by atoms with Crippen molar-refractivity contribution in [1.82, 2.24) is 9.55 Å². The largest absolute Gasteiger partial charge is 0.434 e. The number of rotatable bonds is 1. The highest BCUT2D eigenvalue weighted by molar-refractivity contribution is 5.89. The number of amidine groups is 1. The highest BCUT2D eigenvalue weighted by Gasteiger charge is 2.19. The van der Waals surface area contributed by atoms with Gasteiger partial charge in [0.2, 0.25) is 0 Å². The summed E-state index contributed by atoms with van der Waals surface area (Å²) in [5.41, 5.74) is 0.155. The molecule has 0 fully saturated rings. The monoisotopic (exact) mass is 233 g/mol. The molecule has 2 N–H and O–H groups in total. The van der Waals surface area contributed by atoms with Crippen LogP contribution in [0.2, 0.25) is 0 Å². The lowest BCUT2D eigenvalue weighted by Gasteiger charge is -1.95. The van der Waals surface area contributed by atoms with Gasteiger partial charge in [0, 0.05) is 7.05 Å². The molecule has 0 aliphatic heterocycles. The Morgan fingerprint density at radius 1 is 1.56 bits per heavy atom. The van der Waals surface area contributed by atoms with Crippen LogP contribution in [0.25, 0.3) is 0 Å². The van der Waals surface area contributed by atoms with Gasteiger partial charge in [0.05, 0.1) is 12.5 Å². The van der Waals surface area contributed by atoms with Crippen LogP contribution in [0.15, 0.2) is 17.7 Å². The molecule has 11 nitrogen and oxygen atoms in total. The van der Waals surface area contributed by atoms with E-state index in [4.69, 9.17) is 20.5 Å². The Kier molecular flexibility index (Phi) is 4.89. The van der Waals surface area contributed by atoms with Gasteiger partial charge in [-0.3, -0.25) is 0 Å². The fourth-order valence-corrected chi connectivity index (χ4v) is 0.754. The van der Waals surface area contributed by atoms with Gasteiger partial charge >= 0.3 is 5.84 Å². The molecule has 0 atom stereocenters. The summed E-state index contributed by atoms with van der Waals surface area (Å²) in [5, 5.41) is 34.7. The lowest BCUT2D eigenvalue weighted by atomic mass is 10.4. The van der Waals surface area contributed by atoms with Gasteiger partial charge in [-0.25, -0.2) is 4.98 Å². The first-order chi connectivity index (χ1) is 7.40. The van der Waals surface area contributed by atoms with Crippen LogP contribution in [-0.2, 0) is 7.05 Å². The average molecular weight is 233 g/mol. The van der Waals surface area contributed by atoms with E-state index in [1.165, 1.54) is 17.1 Å². The Balaban J connectivity index is 0.000000487. The van der Waals surface area contributed by atoms with Crippen molar-refractivity contribution in [2.24, 2.45) is 12.2 Å². The number of aromatic nitrogens is 2. The summed E-state index contributed by atoms with van der Waals surface area (Å²) >= 11 is 0. The zero-order valence-corrected chi connectivity index (χ0v) is 7.92. The van der Waals surface area contributed by atoms with Crippen LogP contribution >= 0.6 is 0 Å². The number of nitrogens with zero attached hydrogens (tertiary/aromatic N) is 5. The third-order valence-electron chi connectivity index (χ3n) is 1.31. The third kappa shape index (κ3) is 3.99. The fourth-order valence-electron chi connectivity index (χ4n) is 0.754. The SMILES string of the molecule is Cn1cncc1/C(=N/O)[N+](=O)[O-].O=[N+]([O-])O. The van der Waals surface area contributed by atoms with Crippen LogP contribution < -0.4 is 0 Å². The molecule has 0 aliphatic carbocycles. The molecule has 0 saturated heterocycles. The molecular formula is C5H7N5O6. The molecule has 0 aliphatic rings.